The third-order valence-corrected chi connectivity index (χ3v) is 3.99. The van der Waals surface area contributed by atoms with Crippen LogP contribution in [0.1, 0.15) is 35.9 Å². The van der Waals surface area contributed by atoms with Crippen LogP contribution in [0.4, 0.5) is 0 Å². The van der Waals surface area contributed by atoms with Crippen molar-refractivity contribution in [1.29, 1.82) is 0 Å². The second-order valence-corrected chi connectivity index (χ2v) is 6.09. The zero-order valence-corrected chi connectivity index (χ0v) is 14.5. The van der Waals surface area contributed by atoms with Gasteiger partial charge >= 0.3 is 0 Å². The molecule has 0 saturated heterocycles. The van der Waals surface area contributed by atoms with E-state index in [4.69, 9.17) is 4.42 Å². The van der Waals surface area contributed by atoms with Gasteiger partial charge in [0.05, 0.1) is 17.8 Å². The van der Waals surface area contributed by atoms with Gasteiger partial charge in [-0.05, 0) is 26.0 Å². The number of nitrogens with zero attached hydrogens (tertiary/aromatic N) is 4. The summed E-state index contributed by atoms with van der Waals surface area (Å²) in [4.78, 5) is 18.1. The van der Waals surface area contributed by atoms with Crippen molar-refractivity contribution in [3.8, 4) is 11.3 Å². The Labute approximate surface area is 146 Å². The molecule has 6 heteroatoms. The molecule has 128 valence electrons. The standard InChI is InChI=1S/C19H20N4O2/c1-13(2)23(3)19(24)17-12-25-18(20-17)11-15-9-10-16(22-21-15)14-7-5-4-6-8-14/h4-10,12-13H,11H2,1-3H3. The molecule has 0 aliphatic rings. The molecule has 0 spiro atoms. The van der Waals surface area contributed by atoms with E-state index < -0.39 is 0 Å². The third kappa shape index (κ3) is 3.91. The SMILES string of the molecule is CC(C)N(C)C(=O)c1coc(Cc2ccc(-c3ccccc3)nn2)n1. The van der Waals surface area contributed by atoms with Crippen molar-refractivity contribution in [3.63, 3.8) is 0 Å². The maximum atomic E-state index is 12.2. The van der Waals surface area contributed by atoms with Crippen LogP contribution in [0.2, 0.25) is 0 Å². The first kappa shape index (κ1) is 16.8. The van der Waals surface area contributed by atoms with Crippen LogP contribution in [-0.4, -0.2) is 39.1 Å². The van der Waals surface area contributed by atoms with E-state index in [0.717, 1.165) is 17.0 Å². The predicted molar refractivity (Wildman–Crippen MR) is 94.0 cm³/mol. The van der Waals surface area contributed by atoms with Crippen LogP contribution in [0.25, 0.3) is 11.3 Å². The van der Waals surface area contributed by atoms with Crippen LogP contribution < -0.4 is 0 Å². The summed E-state index contributed by atoms with van der Waals surface area (Å²) in [5, 5.41) is 8.47. The molecule has 0 atom stereocenters. The minimum Gasteiger partial charge on any atom is -0.448 e. The number of aromatic nitrogens is 3. The van der Waals surface area contributed by atoms with Crippen molar-refractivity contribution >= 4 is 5.91 Å². The van der Waals surface area contributed by atoms with Crippen molar-refractivity contribution < 1.29 is 9.21 Å². The van der Waals surface area contributed by atoms with Gasteiger partial charge in [-0.2, -0.15) is 10.2 Å². The van der Waals surface area contributed by atoms with Gasteiger partial charge in [-0.1, -0.05) is 30.3 Å². The first-order chi connectivity index (χ1) is 12.0. The summed E-state index contributed by atoms with van der Waals surface area (Å²) in [5.41, 5.74) is 2.87. The van der Waals surface area contributed by atoms with Gasteiger partial charge in [-0.3, -0.25) is 4.79 Å². The van der Waals surface area contributed by atoms with Crippen LogP contribution in [0.3, 0.4) is 0 Å². The molecule has 3 rings (SSSR count). The summed E-state index contributed by atoms with van der Waals surface area (Å²) in [5.74, 6) is 0.290. The molecule has 0 radical (unpaired) electrons. The van der Waals surface area contributed by atoms with Crippen molar-refractivity contribution in [3.05, 3.63) is 66.0 Å². The highest BCUT2D eigenvalue weighted by Gasteiger charge is 2.18. The van der Waals surface area contributed by atoms with Crippen molar-refractivity contribution in [2.75, 3.05) is 7.05 Å². The lowest BCUT2D eigenvalue weighted by atomic mass is 10.1. The minimum atomic E-state index is -0.157. The van der Waals surface area contributed by atoms with Crippen molar-refractivity contribution in [1.82, 2.24) is 20.1 Å². The molecule has 0 aliphatic carbocycles. The first-order valence-electron chi connectivity index (χ1n) is 8.14. The monoisotopic (exact) mass is 336 g/mol. The molecule has 1 amide bonds. The summed E-state index contributed by atoms with van der Waals surface area (Å²) in [7, 11) is 1.75. The van der Waals surface area contributed by atoms with E-state index in [-0.39, 0.29) is 11.9 Å². The Bertz CT molecular complexity index is 841. The normalized spacial score (nSPS) is 10.9. The average Bonchev–Trinajstić information content (AvgIpc) is 3.10. The fourth-order valence-corrected chi connectivity index (χ4v) is 2.28. The maximum absolute atomic E-state index is 12.2. The summed E-state index contributed by atoms with van der Waals surface area (Å²) >= 11 is 0. The molecule has 6 nitrogen and oxygen atoms in total. The Morgan fingerprint density at radius 1 is 1.12 bits per heavy atom. The van der Waals surface area contributed by atoms with Crippen LogP contribution in [0, 0.1) is 0 Å². The average molecular weight is 336 g/mol. The molecule has 0 N–H and O–H groups in total. The number of hydrogen-bond donors (Lipinski definition) is 0. The second-order valence-electron chi connectivity index (χ2n) is 6.09. The summed E-state index contributed by atoms with van der Waals surface area (Å²) < 4.78 is 5.41. The van der Waals surface area contributed by atoms with Crippen LogP contribution in [0.5, 0.6) is 0 Å². The maximum Gasteiger partial charge on any atom is 0.275 e. The molecule has 2 aromatic heterocycles. The smallest absolute Gasteiger partial charge is 0.275 e. The highest BCUT2D eigenvalue weighted by Crippen LogP contribution is 2.16. The van der Waals surface area contributed by atoms with E-state index in [1.54, 1.807) is 11.9 Å². The van der Waals surface area contributed by atoms with E-state index in [1.807, 2.05) is 56.3 Å². The highest BCUT2D eigenvalue weighted by atomic mass is 16.3. The lowest BCUT2D eigenvalue weighted by Gasteiger charge is -2.19. The molecule has 0 unspecified atom stereocenters. The number of oxazole rings is 1. The molecule has 25 heavy (non-hydrogen) atoms. The van der Waals surface area contributed by atoms with Crippen LogP contribution >= 0.6 is 0 Å². The van der Waals surface area contributed by atoms with Crippen LogP contribution in [-0.2, 0) is 6.42 Å². The Morgan fingerprint density at radius 2 is 1.88 bits per heavy atom. The van der Waals surface area contributed by atoms with E-state index in [2.05, 4.69) is 15.2 Å². The number of hydrogen-bond acceptors (Lipinski definition) is 5. The predicted octanol–water partition coefficient (Wildman–Crippen LogP) is 3.20. The molecule has 3 aromatic rings. The topological polar surface area (TPSA) is 72.1 Å². The van der Waals surface area contributed by atoms with Crippen LogP contribution in [0.15, 0.2) is 53.1 Å². The van der Waals surface area contributed by atoms with Gasteiger partial charge in [0, 0.05) is 18.7 Å². The van der Waals surface area contributed by atoms with Gasteiger partial charge in [0.25, 0.3) is 5.91 Å². The van der Waals surface area contributed by atoms with Gasteiger partial charge < -0.3 is 9.32 Å². The molecule has 0 saturated carbocycles. The zero-order chi connectivity index (χ0) is 17.8. The molecule has 0 fully saturated rings. The number of carbonyl (C=O) groups is 1. The Balaban J connectivity index is 1.70. The molecule has 0 aliphatic heterocycles. The number of benzene rings is 1. The Hall–Kier alpha value is -3.02. The minimum absolute atomic E-state index is 0.101. The van der Waals surface area contributed by atoms with E-state index in [0.29, 0.717) is 18.0 Å². The Kier molecular flexibility index (Phi) is 4.88. The van der Waals surface area contributed by atoms with Gasteiger partial charge in [0.2, 0.25) is 5.89 Å². The van der Waals surface area contributed by atoms with Gasteiger partial charge in [-0.25, -0.2) is 4.98 Å². The lowest BCUT2D eigenvalue weighted by molar-refractivity contribution is 0.0749. The second kappa shape index (κ2) is 7.25. The summed E-state index contributed by atoms with van der Waals surface area (Å²) in [6.07, 6.45) is 1.78. The highest BCUT2D eigenvalue weighted by molar-refractivity contribution is 5.91. The number of carbonyl (C=O) groups excluding carboxylic acids is 1. The fourth-order valence-electron chi connectivity index (χ4n) is 2.28. The molecular formula is C19H20N4O2. The Morgan fingerprint density at radius 3 is 2.52 bits per heavy atom. The third-order valence-electron chi connectivity index (χ3n) is 3.99. The molecule has 0 bridgehead atoms. The van der Waals surface area contributed by atoms with E-state index >= 15 is 0 Å². The zero-order valence-electron chi connectivity index (χ0n) is 14.5. The van der Waals surface area contributed by atoms with Gasteiger partial charge in [0.15, 0.2) is 5.69 Å². The van der Waals surface area contributed by atoms with Gasteiger partial charge in [0.1, 0.15) is 6.26 Å². The van der Waals surface area contributed by atoms with E-state index in [9.17, 15) is 4.79 Å². The van der Waals surface area contributed by atoms with E-state index in [1.165, 1.54) is 6.26 Å². The quantitative estimate of drug-likeness (QED) is 0.715. The summed E-state index contributed by atoms with van der Waals surface area (Å²) in [6, 6.07) is 13.8. The number of amides is 1. The lowest BCUT2D eigenvalue weighted by Crippen LogP contribution is -2.33. The van der Waals surface area contributed by atoms with Crippen molar-refractivity contribution in [2.24, 2.45) is 0 Å². The fraction of sp³-hybridized carbons (Fsp3) is 0.263. The summed E-state index contributed by atoms with van der Waals surface area (Å²) in [6.45, 7) is 3.89. The first-order valence-corrected chi connectivity index (χ1v) is 8.14. The molecule has 2 heterocycles. The largest absolute Gasteiger partial charge is 0.448 e. The van der Waals surface area contributed by atoms with Crippen molar-refractivity contribution in [2.45, 2.75) is 26.3 Å². The van der Waals surface area contributed by atoms with Gasteiger partial charge in [-0.15, -0.1) is 0 Å². The number of rotatable bonds is 5. The molecular weight excluding hydrogens is 316 g/mol. The molecule has 1 aromatic carbocycles.